The number of nitrogens with zero attached hydrogens (tertiary/aromatic N) is 3. The third-order valence-corrected chi connectivity index (χ3v) is 7.98. The minimum absolute atomic E-state index is 0.229. The van der Waals surface area contributed by atoms with E-state index in [1.165, 1.54) is 12.3 Å². The molecule has 1 saturated heterocycles. The van der Waals surface area contributed by atoms with Gasteiger partial charge in [-0.15, -0.1) is 0 Å². The molecule has 9 heteroatoms. The summed E-state index contributed by atoms with van der Waals surface area (Å²) < 4.78 is 26.7. The number of aromatic nitrogens is 2. The smallest absolute Gasteiger partial charge is 0.223 e. The average molecular weight is 503 g/mol. The zero-order chi connectivity index (χ0) is 24.8. The number of aliphatic hydroxyl groups excluding tert-OH is 1. The molecule has 1 saturated carbocycles. The van der Waals surface area contributed by atoms with Crippen molar-refractivity contribution >= 4 is 28.9 Å². The van der Waals surface area contributed by atoms with Gasteiger partial charge in [0.2, 0.25) is 5.95 Å². The molecule has 2 fully saturated rings. The Morgan fingerprint density at radius 2 is 2.03 bits per heavy atom. The highest BCUT2D eigenvalue weighted by molar-refractivity contribution is 6.33. The van der Waals surface area contributed by atoms with Crippen LogP contribution in [0.25, 0.3) is 11.3 Å². The molecule has 1 aliphatic carbocycles. The fraction of sp³-hybridized carbons (Fsp3) is 0.577. The molecule has 0 bridgehead atoms. The van der Waals surface area contributed by atoms with Crippen LogP contribution in [0.4, 0.5) is 16.0 Å². The molecular weight excluding hydrogens is 471 g/mol. The molecule has 5 rings (SSSR count). The van der Waals surface area contributed by atoms with E-state index in [1.54, 1.807) is 7.11 Å². The highest BCUT2D eigenvalue weighted by Crippen LogP contribution is 2.53. The second-order valence-corrected chi connectivity index (χ2v) is 10.7. The first-order valence-electron chi connectivity index (χ1n) is 12.3. The summed E-state index contributed by atoms with van der Waals surface area (Å²) >= 11 is 6.51. The first-order valence-corrected chi connectivity index (χ1v) is 12.7. The van der Waals surface area contributed by atoms with Crippen LogP contribution in [0.1, 0.15) is 57.9 Å². The number of aliphatic imine (C=N–C) groups is 1. The number of halogens is 2. The molecule has 2 atom stereocenters. The van der Waals surface area contributed by atoms with Gasteiger partial charge in [-0.25, -0.2) is 14.4 Å². The lowest BCUT2D eigenvalue weighted by molar-refractivity contribution is -0.0136. The Bertz CT molecular complexity index is 1150. The first-order chi connectivity index (χ1) is 16.7. The number of anilines is 1. The van der Waals surface area contributed by atoms with Crippen molar-refractivity contribution in [3.63, 3.8) is 0 Å². The van der Waals surface area contributed by atoms with Crippen LogP contribution in [0.2, 0.25) is 5.02 Å². The van der Waals surface area contributed by atoms with E-state index in [-0.39, 0.29) is 18.1 Å². The van der Waals surface area contributed by atoms with Gasteiger partial charge >= 0.3 is 0 Å². The molecule has 2 unspecified atom stereocenters. The number of ether oxygens (including phenoxy) is 2. The summed E-state index contributed by atoms with van der Waals surface area (Å²) in [6.07, 6.45) is 6.56. The van der Waals surface area contributed by atoms with Crippen molar-refractivity contribution in [2.45, 2.75) is 75.5 Å². The molecule has 2 N–H and O–H groups in total. The standard InChI is InChI=1S/C26H32ClFN4O3/c1-25(2,34-3)23-26(8-5-4-6-9-26)16-11-15(12-18(28)22(16)31-23)21-17(27)13-29-24(32-21)30-19-7-10-35-14-20(19)33/h11-13,19-20,33H,4-10,14H2,1-3H3,(H,29,30,32). The molecule has 0 amide bonds. The third-order valence-electron chi connectivity index (χ3n) is 7.70. The van der Waals surface area contributed by atoms with E-state index >= 15 is 4.39 Å². The zero-order valence-electron chi connectivity index (χ0n) is 20.4. The van der Waals surface area contributed by atoms with Crippen LogP contribution in [0.15, 0.2) is 23.3 Å². The number of hydrogen-bond donors (Lipinski definition) is 2. The van der Waals surface area contributed by atoms with Crippen LogP contribution in [0.3, 0.4) is 0 Å². The van der Waals surface area contributed by atoms with E-state index in [1.807, 2.05) is 19.9 Å². The van der Waals surface area contributed by atoms with Crippen LogP contribution in [0, 0.1) is 5.82 Å². The Hall–Kier alpha value is -2.13. The molecule has 1 spiro atoms. The fourth-order valence-corrected chi connectivity index (χ4v) is 5.93. The van der Waals surface area contributed by atoms with E-state index < -0.39 is 17.5 Å². The SMILES string of the molecule is COC(C)(C)C1=Nc2c(F)cc(-c3nc(NC4CCOCC4O)ncc3Cl)cc2C12CCCCC2. The topological polar surface area (TPSA) is 88.9 Å². The van der Waals surface area contributed by atoms with Crippen molar-refractivity contribution in [1.82, 2.24) is 9.97 Å². The summed E-state index contributed by atoms with van der Waals surface area (Å²) in [4.78, 5) is 13.7. The van der Waals surface area contributed by atoms with Gasteiger partial charge in [0.25, 0.3) is 0 Å². The second-order valence-electron chi connectivity index (χ2n) is 10.2. The summed E-state index contributed by atoms with van der Waals surface area (Å²) in [5.41, 5.74) is 2.22. The number of nitrogens with one attached hydrogen (secondary N) is 1. The Kier molecular flexibility index (Phi) is 6.59. The lowest BCUT2D eigenvalue weighted by Crippen LogP contribution is -2.48. The van der Waals surface area contributed by atoms with Crippen molar-refractivity contribution < 1.29 is 19.0 Å². The highest BCUT2D eigenvalue weighted by Gasteiger charge is 2.50. The molecule has 0 radical (unpaired) electrons. The average Bonchev–Trinajstić information content (AvgIpc) is 3.17. The van der Waals surface area contributed by atoms with E-state index in [0.29, 0.717) is 40.9 Å². The fourth-order valence-electron chi connectivity index (χ4n) is 5.73. The molecule has 3 heterocycles. The van der Waals surface area contributed by atoms with Gasteiger partial charge in [0.05, 0.1) is 41.4 Å². The predicted octanol–water partition coefficient (Wildman–Crippen LogP) is 5.21. The van der Waals surface area contributed by atoms with Gasteiger partial charge in [0.1, 0.15) is 17.1 Å². The van der Waals surface area contributed by atoms with Gasteiger partial charge in [-0.2, -0.15) is 0 Å². The summed E-state index contributed by atoms with van der Waals surface area (Å²) in [6, 6.07) is 3.21. The molecule has 1 aromatic heterocycles. The quantitative estimate of drug-likeness (QED) is 0.583. The molecule has 1 aromatic carbocycles. The summed E-state index contributed by atoms with van der Waals surface area (Å²) in [7, 11) is 1.67. The maximum atomic E-state index is 15.6. The van der Waals surface area contributed by atoms with E-state index in [0.717, 1.165) is 43.4 Å². The molecule has 3 aliphatic rings. The molecular formula is C26H32ClFN4O3. The molecule has 2 aromatic rings. The monoisotopic (exact) mass is 502 g/mol. The Labute approximate surface area is 210 Å². The van der Waals surface area contributed by atoms with Crippen LogP contribution >= 0.6 is 11.6 Å². The molecule has 2 aliphatic heterocycles. The number of rotatable bonds is 5. The largest absolute Gasteiger partial charge is 0.389 e. The second kappa shape index (κ2) is 9.39. The number of methoxy groups -OCH3 is 1. The molecule has 7 nitrogen and oxygen atoms in total. The maximum Gasteiger partial charge on any atom is 0.223 e. The first kappa shape index (κ1) is 24.6. The van der Waals surface area contributed by atoms with Crippen LogP contribution in [-0.2, 0) is 14.9 Å². The maximum absolute atomic E-state index is 15.6. The Morgan fingerprint density at radius 1 is 1.26 bits per heavy atom. The van der Waals surface area contributed by atoms with Gasteiger partial charge in [-0.1, -0.05) is 30.9 Å². The van der Waals surface area contributed by atoms with E-state index in [9.17, 15) is 5.11 Å². The lowest BCUT2D eigenvalue weighted by Gasteiger charge is -2.41. The van der Waals surface area contributed by atoms with Gasteiger partial charge < -0.3 is 19.9 Å². The van der Waals surface area contributed by atoms with Gasteiger partial charge in [0, 0.05) is 24.7 Å². The summed E-state index contributed by atoms with van der Waals surface area (Å²) in [5.74, 6) is -0.0607. The number of hydrogen-bond acceptors (Lipinski definition) is 7. The highest BCUT2D eigenvalue weighted by atomic mass is 35.5. The molecule has 188 valence electrons. The number of fused-ring (bicyclic) bond motifs is 2. The Morgan fingerprint density at radius 3 is 2.74 bits per heavy atom. The molecule has 35 heavy (non-hydrogen) atoms. The van der Waals surface area contributed by atoms with Crippen LogP contribution in [0.5, 0.6) is 0 Å². The van der Waals surface area contributed by atoms with E-state index in [2.05, 4.69) is 15.3 Å². The van der Waals surface area contributed by atoms with Crippen molar-refractivity contribution in [2.24, 2.45) is 4.99 Å². The van der Waals surface area contributed by atoms with Crippen molar-refractivity contribution in [3.05, 3.63) is 34.7 Å². The van der Waals surface area contributed by atoms with Gasteiger partial charge in [-0.3, -0.25) is 4.99 Å². The van der Waals surface area contributed by atoms with Crippen LogP contribution < -0.4 is 5.32 Å². The number of benzene rings is 1. The number of aliphatic hydroxyl groups is 1. The van der Waals surface area contributed by atoms with Crippen molar-refractivity contribution in [3.8, 4) is 11.3 Å². The minimum atomic E-state index is -0.658. The third kappa shape index (κ3) is 4.35. The van der Waals surface area contributed by atoms with Gasteiger partial charge in [-0.05, 0) is 50.8 Å². The normalized spacial score (nSPS) is 23.8. The lowest BCUT2D eigenvalue weighted by atomic mass is 9.64. The van der Waals surface area contributed by atoms with E-state index in [4.69, 9.17) is 26.1 Å². The summed E-state index contributed by atoms with van der Waals surface area (Å²) in [5, 5.41) is 13.7. The zero-order valence-corrected chi connectivity index (χ0v) is 21.2. The summed E-state index contributed by atoms with van der Waals surface area (Å²) in [6.45, 7) is 4.80. The minimum Gasteiger partial charge on any atom is -0.389 e. The van der Waals surface area contributed by atoms with Crippen molar-refractivity contribution in [1.29, 1.82) is 0 Å². The van der Waals surface area contributed by atoms with Crippen molar-refractivity contribution in [2.75, 3.05) is 25.6 Å². The van der Waals surface area contributed by atoms with Gasteiger partial charge in [0.15, 0.2) is 0 Å². The predicted molar refractivity (Wildman–Crippen MR) is 134 cm³/mol. The van der Waals surface area contributed by atoms with Crippen LogP contribution in [-0.4, -0.2) is 58.9 Å². The Balaban J connectivity index is 1.56.